The van der Waals surface area contributed by atoms with Gasteiger partial charge in [0.15, 0.2) is 0 Å². The number of aryl methyl sites for hydroxylation is 1. The maximum atomic E-state index is 12.6. The molecule has 1 aromatic rings. The van der Waals surface area contributed by atoms with E-state index in [-0.39, 0.29) is 29.9 Å². The van der Waals surface area contributed by atoms with Crippen LogP contribution in [-0.2, 0) is 9.59 Å². The zero-order chi connectivity index (χ0) is 18.6. The van der Waals surface area contributed by atoms with Gasteiger partial charge >= 0.3 is 0 Å². The summed E-state index contributed by atoms with van der Waals surface area (Å²) < 4.78 is 0. The van der Waals surface area contributed by atoms with Crippen molar-refractivity contribution in [2.45, 2.75) is 32.2 Å². The summed E-state index contributed by atoms with van der Waals surface area (Å²) in [7, 11) is 1.79. The Kier molecular flexibility index (Phi) is 5.95. The van der Waals surface area contributed by atoms with Crippen LogP contribution in [0, 0.1) is 18.8 Å². The van der Waals surface area contributed by atoms with Gasteiger partial charge in [-0.2, -0.15) is 0 Å². The summed E-state index contributed by atoms with van der Waals surface area (Å²) in [5.74, 6) is 0.812. The van der Waals surface area contributed by atoms with Gasteiger partial charge in [0.2, 0.25) is 11.5 Å². The summed E-state index contributed by atoms with van der Waals surface area (Å²) in [4.78, 5) is 48.3. The van der Waals surface area contributed by atoms with E-state index in [1.165, 1.54) is 6.07 Å². The van der Waals surface area contributed by atoms with Crippen LogP contribution < -0.4 is 10.9 Å². The van der Waals surface area contributed by atoms with Crippen molar-refractivity contribution in [3.05, 3.63) is 33.7 Å². The van der Waals surface area contributed by atoms with E-state index >= 15 is 0 Å². The van der Waals surface area contributed by atoms with E-state index in [2.05, 4.69) is 10.3 Å². The van der Waals surface area contributed by atoms with E-state index < -0.39 is 0 Å². The normalized spacial score (nSPS) is 24.4. The lowest BCUT2D eigenvalue weighted by atomic mass is 9.89. The highest BCUT2D eigenvalue weighted by Gasteiger charge is 2.40. The molecule has 0 unspecified atom stereocenters. The summed E-state index contributed by atoms with van der Waals surface area (Å²) in [6.45, 7) is 2.23. The Bertz CT molecular complexity index is 714. The summed E-state index contributed by atoms with van der Waals surface area (Å²) in [6, 6.07) is 3.18. The predicted molar refractivity (Wildman–Crippen MR) is 90.2 cm³/mol. The van der Waals surface area contributed by atoms with E-state index in [0.717, 1.165) is 12.8 Å². The van der Waals surface area contributed by atoms with Gasteiger partial charge < -0.3 is 20.3 Å². The van der Waals surface area contributed by atoms with Gasteiger partial charge in [0.25, 0.3) is 12.4 Å². The molecule has 8 heteroatoms. The zero-order valence-corrected chi connectivity index (χ0v) is 14.3. The molecular formula is C17H23N3O5. The number of hydrogen-bond donors (Lipinski definition) is 3. The Balaban J connectivity index is 0.000000701. The van der Waals surface area contributed by atoms with Crippen molar-refractivity contribution in [3.8, 4) is 0 Å². The molecule has 2 amide bonds. The number of pyridine rings is 1. The van der Waals surface area contributed by atoms with E-state index in [4.69, 9.17) is 9.90 Å². The SMILES string of the molecule is Cc1cc(C(=O)N(C)[C@H]2C[C@H]3CNC(=O)C[C@H]3C2)cc(=O)[nH]1.O=CO. The van der Waals surface area contributed by atoms with Crippen LogP contribution in [0.4, 0.5) is 0 Å². The fourth-order valence-corrected chi connectivity index (χ4v) is 3.73. The van der Waals surface area contributed by atoms with Crippen LogP contribution in [0.1, 0.15) is 35.3 Å². The third-order valence-corrected chi connectivity index (χ3v) is 4.92. The molecule has 3 rings (SSSR count). The van der Waals surface area contributed by atoms with Crippen LogP contribution in [0.2, 0.25) is 0 Å². The van der Waals surface area contributed by atoms with Crippen molar-refractivity contribution in [1.82, 2.24) is 15.2 Å². The Morgan fingerprint density at radius 2 is 1.92 bits per heavy atom. The number of fused-ring (bicyclic) bond motifs is 1. The molecule has 3 atom stereocenters. The Morgan fingerprint density at radius 1 is 1.28 bits per heavy atom. The number of nitrogens with zero attached hydrogens (tertiary/aromatic N) is 1. The molecule has 1 saturated heterocycles. The lowest BCUT2D eigenvalue weighted by molar-refractivity contribution is -0.124. The molecule has 25 heavy (non-hydrogen) atoms. The average molecular weight is 349 g/mol. The number of H-pyrrole nitrogens is 1. The van der Waals surface area contributed by atoms with E-state index in [0.29, 0.717) is 36.1 Å². The number of rotatable bonds is 2. The minimum atomic E-state index is -0.258. The summed E-state index contributed by atoms with van der Waals surface area (Å²) in [6.07, 6.45) is 2.34. The highest BCUT2D eigenvalue weighted by Crippen LogP contribution is 2.38. The Morgan fingerprint density at radius 3 is 2.56 bits per heavy atom. The predicted octanol–water partition coefficient (Wildman–Crippen LogP) is 0.371. The quantitative estimate of drug-likeness (QED) is 0.667. The van der Waals surface area contributed by atoms with Crippen LogP contribution in [0.5, 0.6) is 0 Å². The van der Waals surface area contributed by atoms with Crippen molar-refractivity contribution >= 4 is 18.3 Å². The number of carbonyl (C=O) groups excluding carboxylic acids is 2. The Hall–Kier alpha value is -2.64. The second-order valence-corrected chi connectivity index (χ2v) is 6.59. The molecule has 8 nitrogen and oxygen atoms in total. The second kappa shape index (κ2) is 7.96. The first-order valence-electron chi connectivity index (χ1n) is 8.18. The first-order valence-corrected chi connectivity index (χ1v) is 8.18. The summed E-state index contributed by atoms with van der Waals surface area (Å²) in [5, 5.41) is 9.79. The highest BCUT2D eigenvalue weighted by molar-refractivity contribution is 5.94. The van der Waals surface area contributed by atoms with Crippen molar-refractivity contribution in [3.63, 3.8) is 0 Å². The van der Waals surface area contributed by atoms with Gasteiger partial charge in [0, 0.05) is 43.4 Å². The monoisotopic (exact) mass is 349 g/mol. The van der Waals surface area contributed by atoms with Crippen molar-refractivity contribution in [1.29, 1.82) is 0 Å². The van der Waals surface area contributed by atoms with Crippen molar-refractivity contribution in [2.75, 3.05) is 13.6 Å². The molecule has 1 aliphatic heterocycles. The topological polar surface area (TPSA) is 120 Å². The first-order chi connectivity index (χ1) is 11.8. The fourth-order valence-electron chi connectivity index (χ4n) is 3.73. The largest absolute Gasteiger partial charge is 0.483 e. The van der Waals surface area contributed by atoms with Crippen LogP contribution >= 0.6 is 0 Å². The maximum absolute atomic E-state index is 12.6. The molecular weight excluding hydrogens is 326 g/mol. The molecule has 136 valence electrons. The van der Waals surface area contributed by atoms with Gasteiger partial charge in [-0.1, -0.05) is 0 Å². The maximum Gasteiger partial charge on any atom is 0.290 e. The number of nitrogens with one attached hydrogen (secondary N) is 2. The molecule has 1 aliphatic carbocycles. The lowest BCUT2D eigenvalue weighted by Crippen LogP contribution is -2.38. The lowest BCUT2D eigenvalue weighted by Gasteiger charge is -2.25. The van der Waals surface area contributed by atoms with Crippen LogP contribution in [0.25, 0.3) is 0 Å². The number of amides is 2. The van der Waals surface area contributed by atoms with Gasteiger partial charge in [-0.05, 0) is 37.7 Å². The number of carboxylic acid groups (broad SMARTS) is 1. The van der Waals surface area contributed by atoms with Gasteiger partial charge in [-0.3, -0.25) is 19.2 Å². The molecule has 2 fully saturated rings. The fraction of sp³-hybridized carbons (Fsp3) is 0.529. The molecule has 1 saturated carbocycles. The van der Waals surface area contributed by atoms with E-state index in [9.17, 15) is 14.4 Å². The van der Waals surface area contributed by atoms with E-state index in [1.54, 1.807) is 24.9 Å². The van der Waals surface area contributed by atoms with Gasteiger partial charge in [0.05, 0.1) is 0 Å². The highest BCUT2D eigenvalue weighted by atomic mass is 16.3. The van der Waals surface area contributed by atoms with Crippen LogP contribution in [-0.4, -0.2) is 52.9 Å². The molecule has 3 N–H and O–H groups in total. The molecule has 0 radical (unpaired) electrons. The minimum Gasteiger partial charge on any atom is -0.483 e. The van der Waals surface area contributed by atoms with E-state index in [1.807, 2.05) is 0 Å². The third-order valence-electron chi connectivity index (χ3n) is 4.92. The third kappa shape index (κ3) is 4.46. The van der Waals surface area contributed by atoms with Gasteiger partial charge in [-0.25, -0.2) is 0 Å². The van der Waals surface area contributed by atoms with Gasteiger partial charge in [-0.15, -0.1) is 0 Å². The molecule has 1 aromatic heterocycles. The molecule has 2 aliphatic rings. The molecule has 0 spiro atoms. The number of carbonyl (C=O) groups is 3. The molecule has 0 bridgehead atoms. The zero-order valence-electron chi connectivity index (χ0n) is 14.3. The number of hydrogen-bond acceptors (Lipinski definition) is 4. The summed E-state index contributed by atoms with van der Waals surface area (Å²) in [5.41, 5.74) is 0.846. The van der Waals surface area contributed by atoms with Crippen LogP contribution in [0.3, 0.4) is 0 Å². The Labute approximate surface area is 145 Å². The second-order valence-electron chi connectivity index (χ2n) is 6.59. The van der Waals surface area contributed by atoms with Crippen molar-refractivity contribution < 1.29 is 19.5 Å². The van der Waals surface area contributed by atoms with Gasteiger partial charge in [0.1, 0.15) is 0 Å². The molecule has 2 heterocycles. The molecule has 0 aromatic carbocycles. The number of aromatic amines is 1. The number of piperidine rings is 1. The van der Waals surface area contributed by atoms with Crippen molar-refractivity contribution in [2.24, 2.45) is 11.8 Å². The van der Waals surface area contributed by atoms with Crippen LogP contribution in [0.15, 0.2) is 16.9 Å². The first kappa shape index (κ1) is 18.7. The number of aromatic nitrogens is 1. The standard InChI is InChI=1S/C16H21N3O3.CH2O2/c1-9-3-11(7-15(21)18-9)16(22)19(2)13-4-10-6-14(20)17-8-12(10)5-13;2-1-3/h3,7,10,12-13H,4-6,8H2,1-2H3,(H,17,20)(H,18,21);1H,(H,2,3)/t10-,12+,13-;/m1./s1. The smallest absolute Gasteiger partial charge is 0.290 e. The summed E-state index contributed by atoms with van der Waals surface area (Å²) >= 11 is 0. The minimum absolute atomic E-state index is 0.112. The average Bonchev–Trinajstić information content (AvgIpc) is 2.96.